The Labute approximate surface area is 53.9 Å². The molecule has 0 bridgehead atoms. The van der Waals surface area contributed by atoms with Gasteiger partial charge in [-0.25, -0.2) is 0 Å². The smallest absolute Gasteiger partial charge is 0.197 e. The SMILES string of the molecule is C/N=C(\NC)NC(=N)N. The molecule has 5 heteroatoms. The molecule has 5 N–H and O–H groups in total. The molecule has 0 heterocycles. The molecule has 52 valence electrons. The van der Waals surface area contributed by atoms with Gasteiger partial charge in [0, 0.05) is 14.1 Å². The van der Waals surface area contributed by atoms with Gasteiger partial charge in [0.1, 0.15) is 0 Å². The van der Waals surface area contributed by atoms with Crippen molar-refractivity contribution in [2.75, 3.05) is 14.1 Å². The average Bonchev–Trinajstić information content (AvgIpc) is 1.82. The van der Waals surface area contributed by atoms with E-state index in [1.807, 2.05) is 0 Å². The zero-order valence-electron chi connectivity index (χ0n) is 5.52. The Balaban J connectivity index is 3.71. The van der Waals surface area contributed by atoms with Crippen LogP contribution in [0.5, 0.6) is 0 Å². The van der Waals surface area contributed by atoms with Crippen molar-refractivity contribution in [3.05, 3.63) is 0 Å². The first-order valence-electron chi connectivity index (χ1n) is 2.46. The maximum atomic E-state index is 6.78. The summed E-state index contributed by atoms with van der Waals surface area (Å²) >= 11 is 0. The molecule has 0 radical (unpaired) electrons. The first-order chi connectivity index (χ1) is 4.20. The van der Waals surface area contributed by atoms with E-state index in [1.54, 1.807) is 14.1 Å². The van der Waals surface area contributed by atoms with Crippen LogP contribution in [0.2, 0.25) is 0 Å². The lowest BCUT2D eigenvalue weighted by molar-refractivity contribution is 1.06. The summed E-state index contributed by atoms with van der Waals surface area (Å²) in [5.41, 5.74) is 5.00. The molecule has 0 rings (SSSR count). The normalized spacial score (nSPS) is 10.7. The standard InChI is InChI=1S/C4H11N5/c1-7-4(8-2)9-3(5)6/h1-2H3,(H5,5,6,7,8,9). The van der Waals surface area contributed by atoms with E-state index < -0.39 is 0 Å². The van der Waals surface area contributed by atoms with Gasteiger partial charge in [-0.15, -0.1) is 0 Å². The fourth-order valence-corrected chi connectivity index (χ4v) is 0.358. The molecule has 0 aliphatic heterocycles. The highest BCUT2D eigenvalue weighted by Crippen LogP contribution is 1.59. The van der Waals surface area contributed by atoms with E-state index in [9.17, 15) is 0 Å². The summed E-state index contributed by atoms with van der Waals surface area (Å²) in [6.45, 7) is 0. The number of nitrogens with one attached hydrogen (secondary N) is 3. The van der Waals surface area contributed by atoms with Gasteiger partial charge in [0.2, 0.25) is 0 Å². The van der Waals surface area contributed by atoms with E-state index in [-0.39, 0.29) is 5.96 Å². The van der Waals surface area contributed by atoms with Gasteiger partial charge in [-0.1, -0.05) is 0 Å². The molecule has 0 aliphatic rings. The number of nitrogens with two attached hydrogens (primary N) is 1. The summed E-state index contributed by atoms with van der Waals surface area (Å²) in [6, 6.07) is 0. The van der Waals surface area contributed by atoms with E-state index in [4.69, 9.17) is 11.1 Å². The van der Waals surface area contributed by atoms with Crippen LogP contribution < -0.4 is 16.4 Å². The summed E-state index contributed by atoms with van der Waals surface area (Å²) in [6.07, 6.45) is 0. The lowest BCUT2D eigenvalue weighted by Crippen LogP contribution is -2.42. The average molecular weight is 129 g/mol. The molecule has 0 unspecified atom stereocenters. The van der Waals surface area contributed by atoms with E-state index in [1.165, 1.54) is 0 Å². The van der Waals surface area contributed by atoms with Crippen molar-refractivity contribution < 1.29 is 0 Å². The fourth-order valence-electron chi connectivity index (χ4n) is 0.358. The van der Waals surface area contributed by atoms with Crippen LogP contribution in [-0.4, -0.2) is 26.0 Å². The molecule has 0 fully saturated rings. The molecule has 0 aromatic rings. The summed E-state index contributed by atoms with van der Waals surface area (Å²) in [4.78, 5) is 3.72. The Morgan fingerprint density at radius 3 is 2.33 bits per heavy atom. The van der Waals surface area contributed by atoms with E-state index in [0.717, 1.165) is 0 Å². The van der Waals surface area contributed by atoms with E-state index >= 15 is 0 Å². The largest absolute Gasteiger partial charge is 0.370 e. The third-order valence-corrected chi connectivity index (χ3v) is 0.713. The van der Waals surface area contributed by atoms with Gasteiger partial charge in [-0.05, 0) is 0 Å². The highest BCUT2D eigenvalue weighted by atomic mass is 15.2. The van der Waals surface area contributed by atoms with Crippen LogP contribution in [-0.2, 0) is 0 Å². The number of aliphatic imine (C=N–C) groups is 1. The molecule has 5 nitrogen and oxygen atoms in total. The highest BCUT2D eigenvalue weighted by Gasteiger charge is 1.90. The molecule has 0 aromatic heterocycles. The minimum atomic E-state index is -0.120. The molecule has 0 aliphatic carbocycles. The quantitative estimate of drug-likeness (QED) is 0.241. The Morgan fingerprint density at radius 1 is 1.67 bits per heavy atom. The van der Waals surface area contributed by atoms with E-state index in [0.29, 0.717) is 5.96 Å². The minimum absolute atomic E-state index is 0.120. The predicted octanol–water partition coefficient (Wildman–Crippen LogP) is -1.33. The zero-order chi connectivity index (χ0) is 7.28. The number of hydrogen-bond acceptors (Lipinski definition) is 2. The Morgan fingerprint density at radius 2 is 2.22 bits per heavy atom. The molecule has 0 aromatic carbocycles. The topological polar surface area (TPSA) is 86.3 Å². The van der Waals surface area contributed by atoms with Crippen molar-refractivity contribution in [2.45, 2.75) is 0 Å². The number of nitrogens with zero attached hydrogens (tertiary/aromatic N) is 1. The first-order valence-corrected chi connectivity index (χ1v) is 2.46. The van der Waals surface area contributed by atoms with Gasteiger partial charge in [-0.3, -0.25) is 15.7 Å². The number of guanidine groups is 2. The fraction of sp³-hybridized carbons (Fsp3) is 0.500. The molecule has 0 spiro atoms. The van der Waals surface area contributed by atoms with Gasteiger partial charge in [0.15, 0.2) is 11.9 Å². The van der Waals surface area contributed by atoms with Crippen molar-refractivity contribution in [2.24, 2.45) is 10.7 Å². The van der Waals surface area contributed by atoms with Crippen LogP contribution in [0.1, 0.15) is 0 Å². The first kappa shape index (κ1) is 7.74. The second-order valence-corrected chi connectivity index (χ2v) is 1.36. The van der Waals surface area contributed by atoms with Crippen molar-refractivity contribution >= 4 is 11.9 Å². The molecule has 0 saturated carbocycles. The third-order valence-electron chi connectivity index (χ3n) is 0.713. The van der Waals surface area contributed by atoms with Crippen LogP contribution in [0, 0.1) is 5.41 Å². The van der Waals surface area contributed by atoms with Crippen LogP contribution in [0.15, 0.2) is 4.99 Å². The molecule has 0 amide bonds. The van der Waals surface area contributed by atoms with E-state index in [2.05, 4.69) is 15.6 Å². The van der Waals surface area contributed by atoms with Gasteiger partial charge in [0.05, 0.1) is 0 Å². The maximum absolute atomic E-state index is 6.78. The third kappa shape index (κ3) is 3.33. The summed E-state index contributed by atoms with van der Waals surface area (Å²) < 4.78 is 0. The Hall–Kier alpha value is -1.26. The zero-order valence-corrected chi connectivity index (χ0v) is 5.52. The predicted molar refractivity (Wildman–Crippen MR) is 37.5 cm³/mol. The van der Waals surface area contributed by atoms with Gasteiger partial charge >= 0.3 is 0 Å². The minimum Gasteiger partial charge on any atom is -0.370 e. The summed E-state index contributed by atoms with van der Waals surface area (Å²) in [7, 11) is 3.29. The van der Waals surface area contributed by atoms with Crippen LogP contribution >= 0.6 is 0 Å². The monoisotopic (exact) mass is 129 g/mol. The van der Waals surface area contributed by atoms with Crippen molar-refractivity contribution in [1.29, 1.82) is 5.41 Å². The summed E-state index contributed by atoms with van der Waals surface area (Å²) in [5, 5.41) is 12.0. The van der Waals surface area contributed by atoms with Crippen LogP contribution in [0.4, 0.5) is 0 Å². The van der Waals surface area contributed by atoms with Crippen LogP contribution in [0.25, 0.3) is 0 Å². The van der Waals surface area contributed by atoms with Crippen molar-refractivity contribution in [1.82, 2.24) is 10.6 Å². The second kappa shape index (κ2) is 3.71. The summed E-state index contributed by atoms with van der Waals surface area (Å²) in [5.74, 6) is 0.368. The lowest BCUT2D eigenvalue weighted by Gasteiger charge is -2.03. The Kier molecular flexibility index (Phi) is 3.19. The van der Waals surface area contributed by atoms with Gasteiger partial charge in [-0.2, -0.15) is 0 Å². The molecular weight excluding hydrogens is 118 g/mol. The molecular formula is C4H11N5. The van der Waals surface area contributed by atoms with Crippen LogP contribution in [0.3, 0.4) is 0 Å². The number of rotatable bonds is 0. The maximum Gasteiger partial charge on any atom is 0.197 e. The van der Waals surface area contributed by atoms with Crippen molar-refractivity contribution in [3.63, 3.8) is 0 Å². The molecule has 9 heavy (non-hydrogen) atoms. The highest BCUT2D eigenvalue weighted by molar-refractivity contribution is 5.96. The lowest BCUT2D eigenvalue weighted by atomic mass is 10.8. The van der Waals surface area contributed by atoms with Crippen molar-refractivity contribution in [3.8, 4) is 0 Å². The Bertz CT molecular complexity index is 127. The second-order valence-electron chi connectivity index (χ2n) is 1.36. The number of hydrogen-bond donors (Lipinski definition) is 4. The molecule has 0 atom stereocenters. The van der Waals surface area contributed by atoms with Gasteiger partial charge < -0.3 is 11.1 Å². The van der Waals surface area contributed by atoms with Gasteiger partial charge in [0.25, 0.3) is 0 Å². The molecule has 0 saturated heterocycles.